The number of hydrogen-bond donors (Lipinski definition) is 0. The Morgan fingerprint density at radius 1 is 0.310 bits per heavy atom. The predicted molar refractivity (Wildman–Crippen MR) is 511 cm³/mol. The van der Waals surface area contributed by atoms with E-state index in [-0.39, 0.29) is 71.2 Å². The van der Waals surface area contributed by atoms with Gasteiger partial charge >= 0.3 is 5.51 Å². The molecule has 0 fully saturated rings. The Bertz CT molecular complexity index is 5960. The molecule has 5 heterocycles. The second-order valence-electron chi connectivity index (χ2n) is 40.2. The molecule has 5 aromatic carbocycles. The van der Waals surface area contributed by atoms with E-state index in [2.05, 4.69) is 220 Å². The molecule has 10 aliphatic rings. The summed E-state index contributed by atoms with van der Waals surface area (Å²) in [5, 5.41) is 0. The average molecular weight is 1820 g/mol. The van der Waals surface area contributed by atoms with Gasteiger partial charge in [-0.2, -0.15) is 13.2 Å². The number of allylic oxidation sites excluding steroid dienone is 10. The lowest BCUT2D eigenvalue weighted by Crippen LogP contribution is -2.42. The van der Waals surface area contributed by atoms with Gasteiger partial charge in [-0.1, -0.05) is 240 Å². The van der Waals surface area contributed by atoms with Crippen LogP contribution in [-0.2, 0) is 83.2 Å². The SMILES string of the molecule is CC1(C)CC(=O)C2=C(Cc3ncsc3C2(C)c2ccccc2)C1.CCC1(c2cccc(SC(F)(F)F)c2)C2=C(Cc3ncsc31)CC(C)(C)CC2=O.CCC1(c2cccc(SC)c2)C2=C(Cc3ncsc31)CC(C)(C)CC2=O.CCC1(c2ccccc2)C2=C(Cc3ncsc31)CC(C)(C)CC2=O.CCC1(c2ccccc2)C2=C(Cc3ncsc31)CC(C)(C)CC2=O. The van der Waals surface area contributed by atoms with Crippen molar-refractivity contribution >= 4 is 109 Å². The van der Waals surface area contributed by atoms with Crippen LogP contribution >= 0.6 is 80.2 Å². The van der Waals surface area contributed by atoms with Crippen LogP contribution in [0.5, 0.6) is 0 Å². The van der Waals surface area contributed by atoms with Crippen LogP contribution in [0, 0.1) is 27.1 Å². The highest BCUT2D eigenvalue weighted by Crippen LogP contribution is 2.62. The van der Waals surface area contributed by atoms with E-state index in [0.717, 1.165) is 132 Å². The number of halogens is 3. The van der Waals surface area contributed by atoms with Crippen molar-refractivity contribution < 1.29 is 37.1 Å². The van der Waals surface area contributed by atoms with Crippen molar-refractivity contribution in [2.45, 2.75) is 268 Å². The second kappa shape index (κ2) is 34.6. The molecule has 20 heteroatoms. The molecule has 5 atom stereocenters. The number of fused-ring (bicyclic) bond motifs is 5. The van der Waals surface area contributed by atoms with Crippen molar-refractivity contribution in [3.05, 3.63) is 303 Å². The third kappa shape index (κ3) is 16.4. The summed E-state index contributed by atoms with van der Waals surface area (Å²) in [6.45, 7) is 32.7. The first-order chi connectivity index (χ1) is 59.8. The van der Waals surface area contributed by atoms with Gasteiger partial charge in [-0.05, 0) is 162 Å². The van der Waals surface area contributed by atoms with Crippen LogP contribution in [0.1, 0.15) is 274 Å². The second-order valence-corrected chi connectivity index (χ2v) is 46.5. The Morgan fingerprint density at radius 2 is 0.556 bits per heavy atom. The maximum Gasteiger partial charge on any atom is 0.446 e. The first-order valence-corrected chi connectivity index (χ1v) is 50.9. The maximum absolute atomic E-state index is 13.4. The molecule has 0 amide bonds. The quantitative estimate of drug-likeness (QED) is 0.113. The van der Waals surface area contributed by atoms with Crippen molar-refractivity contribution in [3.8, 4) is 0 Å². The van der Waals surface area contributed by atoms with Crippen molar-refractivity contribution in [1.82, 2.24) is 24.9 Å². The topological polar surface area (TPSA) is 150 Å². The fourth-order valence-electron chi connectivity index (χ4n) is 23.7. The average Bonchev–Trinajstić information content (AvgIpc) is 1.27. The lowest BCUT2D eigenvalue weighted by Gasteiger charge is -2.44. The summed E-state index contributed by atoms with van der Waals surface area (Å²) in [5.74, 6) is 1.45. The Kier molecular flexibility index (Phi) is 25.0. The Hall–Kier alpha value is -8.21. The molecule has 0 N–H and O–H groups in total. The first-order valence-electron chi connectivity index (χ1n) is 44.4. The predicted octanol–water partition coefficient (Wildman–Crippen LogP) is 27.3. The summed E-state index contributed by atoms with van der Waals surface area (Å²) in [6, 6.07) is 46.9. The molecule has 5 aromatic heterocycles. The largest absolute Gasteiger partial charge is 0.446 e. The summed E-state index contributed by atoms with van der Waals surface area (Å²) in [6.07, 6.45) is 17.3. The van der Waals surface area contributed by atoms with Gasteiger partial charge in [0.1, 0.15) is 0 Å². The first kappa shape index (κ1) is 91.1. The van der Waals surface area contributed by atoms with Crippen LogP contribution in [0.15, 0.2) is 233 Å². The number of aromatic nitrogens is 5. The van der Waals surface area contributed by atoms with Gasteiger partial charge in [0.15, 0.2) is 28.9 Å². The Balaban J connectivity index is 0.000000116. The number of thiazole rings is 5. The highest BCUT2D eigenvalue weighted by atomic mass is 32.2. The summed E-state index contributed by atoms with van der Waals surface area (Å²) in [7, 11) is 0. The summed E-state index contributed by atoms with van der Waals surface area (Å²) < 4.78 is 39.0. The molecule has 5 unspecified atom stereocenters. The molecule has 20 rings (SSSR count). The number of thioether (sulfide) groups is 2. The van der Waals surface area contributed by atoms with E-state index in [1.54, 1.807) is 74.8 Å². The normalized spacial score (nSPS) is 24.9. The molecule has 0 spiro atoms. The van der Waals surface area contributed by atoms with E-state index < -0.39 is 10.9 Å². The van der Waals surface area contributed by atoms with E-state index in [4.69, 9.17) is 4.98 Å². The van der Waals surface area contributed by atoms with Gasteiger partial charge in [0.05, 0.1) is 83.1 Å². The van der Waals surface area contributed by atoms with Crippen LogP contribution in [-0.4, -0.2) is 65.6 Å². The van der Waals surface area contributed by atoms with Crippen LogP contribution in [0.2, 0.25) is 0 Å². The lowest BCUT2D eigenvalue weighted by atomic mass is 9.59. The monoisotopic (exact) mass is 1820 g/mol. The molecule has 0 aliphatic heterocycles. The van der Waals surface area contributed by atoms with Gasteiger partial charge in [-0.15, -0.1) is 68.4 Å². The van der Waals surface area contributed by atoms with Crippen LogP contribution in [0.4, 0.5) is 13.2 Å². The van der Waals surface area contributed by atoms with Gasteiger partial charge in [0.2, 0.25) is 0 Å². The van der Waals surface area contributed by atoms with E-state index in [1.165, 1.54) is 103 Å². The van der Waals surface area contributed by atoms with E-state index in [1.807, 2.05) is 53.2 Å². The molecule has 0 radical (unpaired) electrons. The summed E-state index contributed by atoms with van der Waals surface area (Å²) in [5.41, 5.74) is 26.0. The summed E-state index contributed by atoms with van der Waals surface area (Å²) in [4.78, 5) is 97.0. The van der Waals surface area contributed by atoms with E-state index in [9.17, 15) is 37.1 Å². The minimum atomic E-state index is -4.35. The minimum Gasteiger partial charge on any atom is -0.294 e. The number of carbonyl (C=O) groups is 5. The van der Waals surface area contributed by atoms with E-state index in [0.29, 0.717) is 68.1 Å². The van der Waals surface area contributed by atoms with Gasteiger partial charge in [-0.25, -0.2) is 24.9 Å². The van der Waals surface area contributed by atoms with E-state index >= 15 is 0 Å². The van der Waals surface area contributed by atoms with Gasteiger partial charge < -0.3 is 0 Å². The smallest absolute Gasteiger partial charge is 0.294 e. The molecule has 0 bridgehead atoms. The minimum absolute atomic E-state index is 0.0457. The molecule has 0 saturated heterocycles. The van der Waals surface area contributed by atoms with Crippen LogP contribution < -0.4 is 0 Å². The number of ketones is 5. The Morgan fingerprint density at radius 3 is 0.849 bits per heavy atom. The van der Waals surface area contributed by atoms with Gasteiger partial charge in [0, 0.05) is 126 Å². The lowest BCUT2D eigenvalue weighted by molar-refractivity contribution is -0.119. The van der Waals surface area contributed by atoms with Crippen molar-refractivity contribution in [2.75, 3.05) is 6.26 Å². The molecule has 656 valence electrons. The maximum atomic E-state index is 13.4. The molecule has 10 aliphatic carbocycles. The highest BCUT2D eigenvalue weighted by Gasteiger charge is 2.56. The zero-order valence-corrected chi connectivity index (χ0v) is 81.1. The van der Waals surface area contributed by atoms with Crippen molar-refractivity contribution in [1.29, 1.82) is 0 Å². The molecular weight excluding hydrogens is 1700 g/mol. The fourth-order valence-corrected chi connectivity index (χ4v) is 30.3. The summed E-state index contributed by atoms with van der Waals surface area (Å²) >= 11 is 9.98. The number of hydrogen-bond acceptors (Lipinski definition) is 17. The molecule has 126 heavy (non-hydrogen) atoms. The molecule has 10 nitrogen and oxygen atoms in total. The number of carbonyl (C=O) groups excluding carboxylic acids is 5. The standard InChI is InChI=1S/C22H22F3NOS2.C22H25NOS2.2C21H23NOS.C20H21NOS/c1-4-21(14-6-5-7-15(9-14)29-22(23,24)25)18-13(8-16-19(21)28-12-26-16)10-20(2,3)11-17(18)27;1-5-22(15-7-6-8-16(10-15)25-4)19-14(9-17-20(22)26-13-23-17)11-21(2,3)12-18(19)24;2*1-4-21(15-8-6-5-7-9-15)18-14(10-16-19(21)24-13-22-16)11-20(2,3)12-17(18)23;1-19(2)10-13-9-15-18(23-12-21-15)20(3,17(13)16(22)11-19)14-7-5-4-6-8-14/h5-7,9,12H,4,8,10-11H2,1-3H3;6-8,10,13H,5,9,11-12H2,1-4H3;2*5-9,13H,4,10-12H2,1-3H3;4-8,12H,9-11H2,1-3H3. The Labute approximate surface area is 770 Å². The third-order valence-electron chi connectivity index (χ3n) is 28.3. The molecule has 10 aromatic rings. The zero-order valence-electron chi connectivity index (χ0n) is 75.4. The van der Waals surface area contributed by atoms with Gasteiger partial charge in [-0.3, -0.25) is 24.0 Å². The number of alkyl halides is 3. The van der Waals surface area contributed by atoms with Gasteiger partial charge in [0.25, 0.3) is 0 Å². The van der Waals surface area contributed by atoms with Crippen LogP contribution in [0.25, 0.3) is 0 Å². The fraction of sp³-hybridized carbons (Fsp3) is 0.434. The van der Waals surface area contributed by atoms with Crippen LogP contribution in [0.3, 0.4) is 0 Å². The van der Waals surface area contributed by atoms with Crippen molar-refractivity contribution in [3.63, 3.8) is 0 Å². The highest BCUT2D eigenvalue weighted by molar-refractivity contribution is 8.00. The third-order valence-corrected chi connectivity index (χ3v) is 34.9. The number of nitrogens with zero attached hydrogens (tertiary/aromatic N) is 5. The number of Topliss-reactive ketones (excluding diaryl/α,β-unsaturated/α-hetero) is 5. The zero-order chi connectivity index (χ0) is 89.7. The van der Waals surface area contributed by atoms with Crippen molar-refractivity contribution in [2.24, 2.45) is 27.1 Å². The molecule has 0 saturated carbocycles. The number of rotatable bonds is 11. The molecular formula is C106H114F3N5O5S7. The number of benzene rings is 5.